The van der Waals surface area contributed by atoms with E-state index >= 15 is 0 Å². The number of hydrogen-bond donors (Lipinski definition) is 3. The number of carbonyl (C=O) groups is 4. The minimum atomic E-state index is -1.27. The van der Waals surface area contributed by atoms with Crippen molar-refractivity contribution in [2.24, 2.45) is 17.8 Å². The number of carbonyl (C=O) groups excluding carboxylic acids is 4. The number of ether oxygens (including phenoxy) is 1. The molecule has 2 heterocycles. The van der Waals surface area contributed by atoms with Crippen LogP contribution in [0.5, 0.6) is 0 Å². The summed E-state index contributed by atoms with van der Waals surface area (Å²) in [4.78, 5) is 67.7. The van der Waals surface area contributed by atoms with Gasteiger partial charge in [-0.15, -0.1) is 0 Å². The molecule has 0 radical (unpaired) electrons. The molecular weight excluding hydrogens is 660 g/mol. The van der Waals surface area contributed by atoms with E-state index in [9.17, 15) is 24.3 Å². The zero-order valence-electron chi connectivity index (χ0n) is 32.1. The van der Waals surface area contributed by atoms with Gasteiger partial charge in [-0.3, -0.25) is 19.3 Å². The van der Waals surface area contributed by atoms with Crippen LogP contribution >= 0.6 is 0 Å². The van der Waals surface area contributed by atoms with Crippen molar-refractivity contribution >= 4 is 23.8 Å². The molecule has 2 aliphatic rings. The van der Waals surface area contributed by atoms with Crippen LogP contribution in [0.15, 0.2) is 42.9 Å². The van der Waals surface area contributed by atoms with Gasteiger partial charge in [0.25, 0.3) is 5.91 Å². The van der Waals surface area contributed by atoms with Crippen molar-refractivity contribution in [1.82, 2.24) is 30.0 Å². The number of hydrogen-bond acceptors (Lipinski definition) is 7. The number of aromatic nitrogens is 2. The van der Waals surface area contributed by atoms with Gasteiger partial charge in [-0.05, 0) is 49.0 Å². The van der Waals surface area contributed by atoms with E-state index in [0.717, 1.165) is 37.7 Å². The summed E-state index contributed by atoms with van der Waals surface area (Å²) in [6.45, 7) is 8.87. The van der Waals surface area contributed by atoms with Crippen LogP contribution in [0.1, 0.15) is 96.7 Å². The van der Waals surface area contributed by atoms with E-state index in [1.807, 2.05) is 44.2 Å². The second-order valence-electron chi connectivity index (χ2n) is 15.8. The predicted molar refractivity (Wildman–Crippen MR) is 200 cm³/mol. The lowest BCUT2D eigenvalue weighted by molar-refractivity contribution is -0.147. The quantitative estimate of drug-likeness (QED) is 0.209. The Morgan fingerprint density at radius 3 is 2.35 bits per heavy atom. The molecule has 1 saturated heterocycles. The van der Waals surface area contributed by atoms with Crippen LogP contribution in [-0.4, -0.2) is 111 Å². The molecule has 4 rings (SSSR count). The number of aliphatic hydroxyl groups excluding tert-OH is 1. The van der Waals surface area contributed by atoms with Crippen LogP contribution in [-0.2, 0) is 32.0 Å². The van der Waals surface area contributed by atoms with Crippen LogP contribution in [0.3, 0.4) is 0 Å². The number of nitrogens with zero attached hydrogens (tertiary/aromatic N) is 4. The molecule has 1 saturated carbocycles. The number of nitrogens with one attached hydrogen (secondary N) is 2. The zero-order chi connectivity index (χ0) is 37.8. The topological polar surface area (TPSA) is 148 Å². The molecule has 288 valence electrons. The normalized spacial score (nSPS) is 19.3. The first-order chi connectivity index (χ1) is 24.8. The number of piperazine rings is 1. The van der Waals surface area contributed by atoms with Crippen molar-refractivity contribution in [3.63, 3.8) is 0 Å². The Morgan fingerprint density at radius 2 is 1.71 bits per heavy atom. The van der Waals surface area contributed by atoms with E-state index in [1.54, 1.807) is 25.2 Å². The SMILES string of the molecule is CC(C)CCC(O)C(CC1CCCCC1)NC(=O)[C@H](Cc1c[nH]cn1)N(C)C(=O)C(Cc1ccccc1)OC(=O)N1CCN(C)C(=O)[C@@H]1CC(C)C. The Kier molecular flexibility index (Phi) is 15.5. The molecule has 3 unspecified atom stereocenters. The molecule has 1 aromatic heterocycles. The van der Waals surface area contributed by atoms with Gasteiger partial charge in [-0.1, -0.05) is 90.1 Å². The van der Waals surface area contributed by atoms with Gasteiger partial charge >= 0.3 is 6.09 Å². The fraction of sp³-hybridized carbons (Fsp3) is 0.675. The van der Waals surface area contributed by atoms with Crippen molar-refractivity contribution in [3.8, 4) is 0 Å². The average Bonchev–Trinajstić information content (AvgIpc) is 3.64. The van der Waals surface area contributed by atoms with Gasteiger partial charge in [0.15, 0.2) is 6.10 Å². The fourth-order valence-corrected chi connectivity index (χ4v) is 7.47. The maximum atomic E-state index is 14.5. The van der Waals surface area contributed by atoms with Gasteiger partial charge in [0.1, 0.15) is 12.1 Å². The Labute approximate surface area is 310 Å². The smallest absolute Gasteiger partial charge is 0.411 e. The summed E-state index contributed by atoms with van der Waals surface area (Å²) < 4.78 is 6.04. The Hall–Kier alpha value is -3.93. The van der Waals surface area contributed by atoms with E-state index in [-0.39, 0.29) is 31.2 Å². The van der Waals surface area contributed by atoms with Crippen molar-refractivity contribution in [3.05, 3.63) is 54.1 Å². The lowest BCUT2D eigenvalue weighted by atomic mass is 9.83. The Morgan fingerprint density at radius 1 is 1.00 bits per heavy atom. The molecule has 4 amide bonds. The van der Waals surface area contributed by atoms with Crippen molar-refractivity contribution in [1.29, 1.82) is 0 Å². The highest BCUT2D eigenvalue weighted by molar-refractivity contribution is 5.91. The van der Waals surface area contributed by atoms with Gasteiger partial charge < -0.3 is 29.9 Å². The second-order valence-corrected chi connectivity index (χ2v) is 15.8. The Balaban J connectivity index is 1.60. The number of rotatable bonds is 17. The molecule has 0 bridgehead atoms. The van der Waals surface area contributed by atoms with Gasteiger partial charge in [-0.25, -0.2) is 9.78 Å². The van der Waals surface area contributed by atoms with Crippen molar-refractivity contribution in [2.45, 2.75) is 129 Å². The van der Waals surface area contributed by atoms with Crippen molar-refractivity contribution in [2.75, 3.05) is 27.2 Å². The van der Waals surface area contributed by atoms with Gasteiger partial charge in [0.05, 0.1) is 24.2 Å². The molecule has 5 atom stereocenters. The summed E-state index contributed by atoms with van der Waals surface area (Å²) in [6, 6.07) is 7.13. The van der Waals surface area contributed by atoms with Crippen molar-refractivity contribution < 1.29 is 29.0 Å². The van der Waals surface area contributed by atoms with E-state index in [1.165, 1.54) is 22.5 Å². The molecule has 1 aliphatic heterocycles. The Bertz CT molecular complexity index is 1410. The fourth-order valence-electron chi connectivity index (χ4n) is 7.47. The monoisotopic (exact) mass is 722 g/mol. The summed E-state index contributed by atoms with van der Waals surface area (Å²) in [5.74, 6) is -0.129. The van der Waals surface area contributed by atoms with Gasteiger partial charge in [0, 0.05) is 46.2 Å². The molecule has 2 fully saturated rings. The molecule has 3 N–H and O–H groups in total. The lowest BCUT2D eigenvalue weighted by Gasteiger charge is -2.40. The summed E-state index contributed by atoms with van der Waals surface area (Å²) in [5, 5.41) is 14.6. The summed E-state index contributed by atoms with van der Waals surface area (Å²) in [6.07, 6.45) is 8.88. The molecule has 0 spiro atoms. The first-order valence-corrected chi connectivity index (χ1v) is 19.3. The third kappa shape index (κ3) is 11.8. The van der Waals surface area contributed by atoms with Crippen LogP contribution in [0.2, 0.25) is 0 Å². The van der Waals surface area contributed by atoms with E-state index in [2.05, 4.69) is 29.1 Å². The minimum absolute atomic E-state index is 0.0846. The first-order valence-electron chi connectivity index (χ1n) is 19.3. The molecular formula is C40H62N6O6. The number of aliphatic hydroxyl groups is 1. The number of benzene rings is 1. The highest BCUT2D eigenvalue weighted by atomic mass is 16.6. The zero-order valence-corrected chi connectivity index (χ0v) is 32.1. The van der Waals surface area contributed by atoms with Gasteiger partial charge in [-0.2, -0.15) is 0 Å². The number of imidazole rings is 1. The summed E-state index contributed by atoms with van der Waals surface area (Å²) in [7, 11) is 3.28. The average molecular weight is 723 g/mol. The largest absolute Gasteiger partial charge is 0.436 e. The highest BCUT2D eigenvalue weighted by Gasteiger charge is 2.41. The summed E-state index contributed by atoms with van der Waals surface area (Å²) >= 11 is 0. The van der Waals surface area contributed by atoms with E-state index in [4.69, 9.17) is 4.74 Å². The highest BCUT2D eigenvalue weighted by Crippen LogP contribution is 2.29. The predicted octanol–water partition coefficient (Wildman–Crippen LogP) is 4.97. The van der Waals surface area contributed by atoms with Crippen LogP contribution < -0.4 is 5.32 Å². The van der Waals surface area contributed by atoms with E-state index < -0.39 is 48.2 Å². The van der Waals surface area contributed by atoms with Crippen LogP contribution in [0.25, 0.3) is 0 Å². The molecule has 1 aliphatic carbocycles. The first kappa shape index (κ1) is 40.8. The van der Waals surface area contributed by atoms with Gasteiger partial charge in [0.2, 0.25) is 11.8 Å². The van der Waals surface area contributed by atoms with E-state index in [0.29, 0.717) is 43.3 Å². The minimum Gasteiger partial charge on any atom is -0.436 e. The summed E-state index contributed by atoms with van der Waals surface area (Å²) in [5.41, 5.74) is 1.37. The maximum absolute atomic E-state index is 14.5. The number of aromatic amines is 1. The molecule has 1 aromatic carbocycles. The number of H-pyrrole nitrogens is 1. The van der Waals surface area contributed by atoms with Crippen LogP contribution in [0, 0.1) is 17.8 Å². The lowest BCUT2D eigenvalue weighted by Crippen LogP contribution is -2.59. The molecule has 2 aromatic rings. The molecule has 52 heavy (non-hydrogen) atoms. The number of likely N-dealkylation sites (N-methyl/N-ethyl adjacent to an activating group) is 2. The molecule has 12 nitrogen and oxygen atoms in total. The number of amides is 4. The maximum Gasteiger partial charge on any atom is 0.411 e. The second kappa shape index (κ2) is 19.8. The van der Waals surface area contributed by atoms with Crippen LogP contribution in [0.4, 0.5) is 4.79 Å². The third-order valence-electron chi connectivity index (χ3n) is 10.6. The third-order valence-corrected chi connectivity index (χ3v) is 10.6. The standard InChI is InChI=1S/C40H62N6O6/c1-27(2)17-18-35(47)32(22-29-13-9-7-10-14-29)43-37(48)33(24-31-25-41-26-42-31)45(6)39(50)36(23-30-15-11-8-12-16-30)52-40(51)46-20-19-44(5)38(49)34(46)21-28(3)4/h8,11-12,15-16,25-29,32-36,47H,7,9-10,13-14,17-24H2,1-6H3,(H,41,42)(H,43,48)/t32?,33-,34-,35?,36?/m0/s1. The molecule has 12 heteroatoms.